The van der Waals surface area contributed by atoms with Gasteiger partial charge in [0.25, 0.3) is 0 Å². The summed E-state index contributed by atoms with van der Waals surface area (Å²) in [5.41, 5.74) is 3.16. The van der Waals surface area contributed by atoms with Gasteiger partial charge in [-0.2, -0.15) is 13.2 Å². The average Bonchev–Trinajstić information content (AvgIpc) is 3.41. The summed E-state index contributed by atoms with van der Waals surface area (Å²) < 4.78 is 39.2. The number of thioether (sulfide) groups is 1. The molecular weight excluding hydrogens is 435 g/mol. The van der Waals surface area contributed by atoms with Gasteiger partial charge < -0.3 is 10.3 Å². The number of benzene rings is 3. The predicted octanol–water partition coefficient (Wildman–Crippen LogP) is 5.50. The number of carbonyl (C=O) groups is 1. The first-order valence-corrected chi connectivity index (χ1v) is 10.9. The molecule has 0 radical (unpaired) electrons. The van der Waals surface area contributed by atoms with Crippen LogP contribution in [-0.2, 0) is 17.4 Å². The van der Waals surface area contributed by atoms with E-state index in [9.17, 15) is 18.0 Å². The number of imidazole rings is 1. The van der Waals surface area contributed by atoms with Crippen LogP contribution in [0.2, 0.25) is 0 Å². The second kappa shape index (κ2) is 8.02. The lowest BCUT2D eigenvalue weighted by Crippen LogP contribution is -2.36. The number of nitrogens with zero attached hydrogens (tertiary/aromatic N) is 1. The van der Waals surface area contributed by atoms with Gasteiger partial charge in [0.15, 0.2) is 0 Å². The van der Waals surface area contributed by atoms with E-state index in [4.69, 9.17) is 0 Å². The maximum Gasteiger partial charge on any atom is 0.449 e. The number of alkyl halides is 3. The van der Waals surface area contributed by atoms with Crippen molar-refractivity contribution < 1.29 is 18.0 Å². The number of rotatable bonds is 4. The Morgan fingerprint density at radius 2 is 1.78 bits per heavy atom. The molecule has 5 rings (SSSR count). The van der Waals surface area contributed by atoms with Crippen LogP contribution in [0.3, 0.4) is 0 Å². The SMILES string of the molecule is O=C(N[C@@H](c1ccccc1)c1ccc2nc(C(F)(F)F)[nH]c2c1)[C@@H]1Cc2ccccc2S1. The van der Waals surface area contributed by atoms with Crippen molar-refractivity contribution in [3.05, 3.63) is 95.3 Å². The third kappa shape index (κ3) is 3.98. The van der Waals surface area contributed by atoms with E-state index in [0.717, 1.165) is 16.0 Å². The minimum Gasteiger partial charge on any atom is -0.344 e. The molecule has 1 amide bonds. The van der Waals surface area contributed by atoms with Crippen molar-refractivity contribution in [1.29, 1.82) is 0 Å². The molecule has 0 fully saturated rings. The van der Waals surface area contributed by atoms with Gasteiger partial charge in [-0.15, -0.1) is 11.8 Å². The number of nitrogens with one attached hydrogen (secondary N) is 2. The van der Waals surface area contributed by atoms with Crippen molar-refractivity contribution in [2.24, 2.45) is 0 Å². The average molecular weight is 453 g/mol. The Hall–Kier alpha value is -3.26. The second-order valence-electron chi connectivity index (χ2n) is 7.63. The Bertz CT molecular complexity index is 1260. The highest BCUT2D eigenvalue weighted by molar-refractivity contribution is 8.01. The molecule has 2 N–H and O–H groups in total. The Morgan fingerprint density at radius 1 is 1.03 bits per heavy atom. The maximum absolute atomic E-state index is 13.2. The number of aromatic amines is 1. The quantitative estimate of drug-likeness (QED) is 0.429. The lowest BCUT2D eigenvalue weighted by Gasteiger charge is -2.22. The summed E-state index contributed by atoms with van der Waals surface area (Å²) >= 11 is 1.53. The number of carbonyl (C=O) groups excluding carboxylic acids is 1. The van der Waals surface area contributed by atoms with Crippen LogP contribution in [0.4, 0.5) is 13.2 Å². The molecule has 4 aromatic rings. The molecule has 0 spiro atoms. The summed E-state index contributed by atoms with van der Waals surface area (Å²) in [6, 6.07) is 21.7. The number of fused-ring (bicyclic) bond motifs is 2. The highest BCUT2D eigenvalue weighted by atomic mass is 32.2. The normalized spacial score (nSPS) is 16.7. The summed E-state index contributed by atoms with van der Waals surface area (Å²) in [5, 5.41) is 2.85. The van der Waals surface area contributed by atoms with E-state index in [1.54, 1.807) is 18.2 Å². The summed E-state index contributed by atoms with van der Waals surface area (Å²) in [4.78, 5) is 20.3. The molecule has 1 aliphatic rings. The standard InChI is InChI=1S/C24H18F3N3OS/c25-24(26,27)23-28-17-11-10-16(12-18(17)29-23)21(14-6-2-1-3-7-14)30-22(31)20-13-15-8-4-5-9-19(15)32-20/h1-12,20-21H,13H2,(H,28,29)(H,30,31)/t20-,21-/m0/s1. The maximum atomic E-state index is 13.2. The predicted molar refractivity (Wildman–Crippen MR) is 117 cm³/mol. The number of hydrogen-bond donors (Lipinski definition) is 2. The number of amides is 1. The molecule has 4 nitrogen and oxygen atoms in total. The van der Waals surface area contributed by atoms with E-state index in [2.05, 4.69) is 15.3 Å². The van der Waals surface area contributed by atoms with Crippen LogP contribution >= 0.6 is 11.8 Å². The fourth-order valence-electron chi connectivity index (χ4n) is 3.91. The topological polar surface area (TPSA) is 57.8 Å². The highest BCUT2D eigenvalue weighted by Crippen LogP contribution is 2.37. The first-order chi connectivity index (χ1) is 15.4. The number of aromatic nitrogens is 2. The van der Waals surface area contributed by atoms with Crippen molar-refractivity contribution in [3.8, 4) is 0 Å². The Labute approximate surface area is 186 Å². The zero-order valence-electron chi connectivity index (χ0n) is 16.7. The van der Waals surface area contributed by atoms with Gasteiger partial charge in [-0.05, 0) is 41.3 Å². The van der Waals surface area contributed by atoms with E-state index < -0.39 is 18.0 Å². The molecule has 3 aromatic carbocycles. The fourth-order valence-corrected chi connectivity index (χ4v) is 5.11. The molecule has 0 saturated heterocycles. The van der Waals surface area contributed by atoms with Gasteiger partial charge in [0, 0.05) is 4.90 Å². The molecule has 162 valence electrons. The summed E-state index contributed by atoms with van der Waals surface area (Å²) in [5.74, 6) is -1.15. The van der Waals surface area contributed by atoms with Crippen LogP contribution in [0.1, 0.15) is 28.6 Å². The second-order valence-corrected chi connectivity index (χ2v) is 8.87. The first-order valence-electron chi connectivity index (χ1n) is 10.1. The van der Waals surface area contributed by atoms with E-state index in [1.807, 2.05) is 54.6 Å². The molecule has 32 heavy (non-hydrogen) atoms. The van der Waals surface area contributed by atoms with Gasteiger partial charge in [0.05, 0.1) is 22.3 Å². The van der Waals surface area contributed by atoms with Gasteiger partial charge in [0.2, 0.25) is 11.7 Å². The van der Waals surface area contributed by atoms with Gasteiger partial charge in [0.1, 0.15) is 0 Å². The molecule has 1 aliphatic heterocycles. The lowest BCUT2D eigenvalue weighted by molar-refractivity contribution is -0.144. The number of halogens is 3. The van der Waals surface area contributed by atoms with Crippen molar-refractivity contribution >= 4 is 28.7 Å². The third-order valence-electron chi connectivity index (χ3n) is 5.47. The molecule has 2 heterocycles. The van der Waals surface area contributed by atoms with Crippen LogP contribution in [0.15, 0.2) is 77.7 Å². The molecule has 0 unspecified atom stereocenters. The van der Waals surface area contributed by atoms with Gasteiger partial charge >= 0.3 is 6.18 Å². The largest absolute Gasteiger partial charge is 0.449 e. The summed E-state index contributed by atoms with van der Waals surface area (Å²) in [7, 11) is 0. The van der Waals surface area contributed by atoms with Crippen molar-refractivity contribution in [2.75, 3.05) is 0 Å². The monoisotopic (exact) mass is 453 g/mol. The van der Waals surface area contributed by atoms with Gasteiger partial charge in [-0.25, -0.2) is 4.98 Å². The van der Waals surface area contributed by atoms with Crippen molar-refractivity contribution in [1.82, 2.24) is 15.3 Å². The molecular formula is C24H18F3N3OS. The van der Waals surface area contributed by atoms with E-state index in [0.29, 0.717) is 12.0 Å². The highest BCUT2D eigenvalue weighted by Gasteiger charge is 2.35. The van der Waals surface area contributed by atoms with Crippen molar-refractivity contribution in [3.63, 3.8) is 0 Å². The minimum absolute atomic E-state index is 0.110. The van der Waals surface area contributed by atoms with E-state index >= 15 is 0 Å². The Morgan fingerprint density at radius 3 is 2.53 bits per heavy atom. The third-order valence-corrected chi connectivity index (χ3v) is 6.78. The molecule has 8 heteroatoms. The van der Waals surface area contributed by atoms with Crippen LogP contribution in [-0.4, -0.2) is 21.1 Å². The van der Waals surface area contributed by atoms with Crippen LogP contribution in [0.5, 0.6) is 0 Å². The smallest absolute Gasteiger partial charge is 0.344 e. The molecule has 2 atom stereocenters. The molecule has 0 aliphatic carbocycles. The molecule has 1 aromatic heterocycles. The van der Waals surface area contributed by atoms with E-state index in [1.165, 1.54) is 11.8 Å². The molecule has 0 saturated carbocycles. The van der Waals surface area contributed by atoms with E-state index in [-0.39, 0.29) is 22.2 Å². The van der Waals surface area contributed by atoms with Crippen LogP contribution in [0.25, 0.3) is 11.0 Å². The van der Waals surface area contributed by atoms with Crippen LogP contribution < -0.4 is 5.32 Å². The number of H-pyrrole nitrogens is 1. The Balaban J connectivity index is 1.46. The van der Waals surface area contributed by atoms with Crippen LogP contribution in [0, 0.1) is 0 Å². The number of hydrogen-bond acceptors (Lipinski definition) is 3. The summed E-state index contributed by atoms with van der Waals surface area (Å²) in [6.45, 7) is 0. The molecule has 0 bridgehead atoms. The van der Waals surface area contributed by atoms with Crippen molar-refractivity contribution in [2.45, 2.75) is 28.8 Å². The Kier molecular flexibility index (Phi) is 5.17. The minimum atomic E-state index is -4.55. The first kappa shape index (κ1) is 20.6. The zero-order chi connectivity index (χ0) is 22.3. The van der Waals surface area contributed by atoms with Gasteiger partial charge in [-0.3, -0.25) is 4.79 Å². The fraction of sp³-hybridized carbons (Fsp3) is 0.167. The van der Waals surface area contributed by atoms with Gasteiger partial charge in [-0.1, -0.05) is 54.6 Å². The lowest BCUT2D eigenvalue weighted by atomic mass is 9.97. The zero-order valence-corrected chi connectivity index (χ0v) is 17.5. The summed E-state index contributed by atoms with van der Waals surface area (Å²) in [6.07, 6.45) is -3.91.